The van der Waals surface area contributed by atoms with Gasteiger partial charge in [-0.25, -0.2) is 4.79 Å². The Morgan fingerprint density at radius 2 is 1.86 bits per heavy atom. The predicted molar refractivity (Wildman–Crippen MR) is 100 cm³/mol. The third kappa shape index (κ3) is 4.05. The fraction of sp³-hybridized carbons (Fsp3) is 0.211. The van der Waals surface area contributed by atoms with Crippen LogP contribution in [0.5, 0.6) is 5.75 Å². The maximum absolute atomic E-state index is 12.5. The van der Waals surface area contributed by atoms with Gasteiger partial charge in [-0.2, -0.15) is 0 Å². The molecule has 0 N–H and O–H groups in total. The Labute approximate surface area is 168 Å². The van der Waals surface area contributed by atoms with E-state index in [1.807, 2.05) is 6.07 Å². The molecule has 148 valence electrons. The summed E-state index contributed by atoms with van der Waals surface area (Å²) in [6, 6.07) is 8.92. The van der Waals surface area contributed by atoms with Crippen LogP contribution in [0.15, 0.2) is 36.4 Å². The maximum atomic E-state index is 12.5. The maximum Gasteiger partial charge on any atom is 0.573 e. The van der Waals surface area contributed by atoms with Gasteiger partial charge < -0.3 is 14.0 Å². The lowest BCUT2D eigenvalue weighted by Crippen LogP contribution is -2.17. The Morgan fingerprint density at radius 3 is 2.50 bits per heavy atom. The Morgan fingerprint density at radius 1 is 1.14 bits per heavy atom. The minimum absolute atomic E-state index is 0.172. The summed E-state index contributed by atoms with van der Waals surface area (Å²) in [5.41, 5.74) is 1.99. The van der Waals surface area contributed by atoms with E-state index in [2.05, 4.69) is 4.74 Å². The average molecular weight is 432 g/mol. The highest BCUT2D eigenvalue weighted by atomic mass is 35.5. The lowest BCUT2D eigenvalue weighted by Gasteiger charge is -2.12. The minimum Gasteiger partial charge on any atom is -0.465 e. The summed E-state index contributed by atoms with van der Waals surface area (Å²) in [7, 11) is 2.96. The first-order valence-corrected chi connectivity index (χ1v) is 8.75. The molecule has 0 spiro atoms. The van der Waals surface area contributed by atoms with Crippen molar-refractivity contribution in [3.8, 4) is 5.75 Å². The minimum atomic E-state index is -4.77. The van der Waals surface area contributed by atoms with E-state index in [0.29, 0.717) is 16.1 Å². The molecule has 28 heavy (non-hydrogen) atoms. The number of hydrogen-bond acceptors (Lipinski definition) is 3. The molecule has 3 rings (SSSR count). The zero-order valence-corrected chi connectivity index (χ0v) is 16.2. The summed E-state index contributed by atoms with van der Waals surface area (Å²) in [5, 5.41) is 1.26. The van der Waals surface area contributed by atoms with Gasteiger partial charge in [-0.05, 0) is 35.9 Å². The number of aryl methyl sites for hydroxylation is 1. The topological polar surface area (TPSA) is 40.5 Å². The first-order valence-electron chi connectivity index (χ1n) is 8.00. The molecule has 0 bridgehead atoms. The van der Waals surface area contributed by atoms with E-state index < -0.39 is 12.3 Å². The van der Waals surface area contributed by atoms with E-state index in [0.717, 1.165) is 11.1 Å². The van der Waals surface area contributed by atoms with Crippen LogP contribution in [0.2, 0.25) is 10.0 Å². The predicted octanol–water partition coefficient (Wildman–Crippen LogP) is 5.76. The van der Waals surface area contributed by atoms with Crippen LogP contribution in [-0.4, -0.2) is 24.0 Å². The van der Waals surface area contributed by atoms with Gasteiger partial charge in [0.2, 0.25) is 0 Å². The smallest absolute Gasteiger partial charge is 0.465 e. The van der Waals surface area contributed by atoms with Gasteiger partial charge in [0.1, 0.15) is 5.75 Å². The zero-order valence-electron chi connectivity index (χ0n) is 14.7. The van der Waals surface area contributed by atoms with Gasteiger partial charge in [0, 0.05) is 35.6 Å². The largest absolute Gasteiger partial charge is 0.573 e. The van der Waals surface area contributed by atoms with E-state index in [4.69, 9.17) is 27.9 Å². The van der Waals surface area contributed by atoms with E-state index in [9.17, 15) is 18.0 Å². The molecule has 0 aliphatic rings. The van der Waals surface area contributed by atoms with Crippen LogP contribution in [-0.2, 0) is 18.2 Å². The van der Waals surface area contributed by atoms with Gasteiger partial charge in [0.05, 0.1) is 23.2 Å². The quantitative estimate of drug-likeness (QED) is 0.493. The van der Waals surface area contributed by atoms with Gasteiger partial charge in [-0.15, -0.1) is 13.2 Å². The number of methoxy groups -OCH3 is 1. The molecule has 0 unspecified atom stereocenters. The van der Waals surface area contributed by atoms with Crippen LogP contribution in [0.1, 0.15) is 21.6 Å². The van der Waals surface area contributed by atoms with Crippen LogP contribution in [0, 0.1) is 0 Å². The monoisotopic (exact) mass is 431 g/mol. The van der Waals surface area contributed by atoms with Crippen molar-refractivity contribution in [3.63, 3.8) is 0 Å². The molecule has 0 radical (unpaired) electrons. The molecule has 0 saturated heterocycles. The van der Waals surface area contributed by atoms with Gasteiger partial charge in [-0.3, -0.25) is 0 Å². The fourth-order valence-corrected chi connectivity index (χ4v) is 3.52. The molecule has 0 aliphatic heterocycles. The van der Waals surface area contributed by atoms with Crippen LogP contribution < -0.4 is 4.74 Å². The van der Waals surface area contributed by atoms with E-state index in [-0.39, 0.29) is 22.8 Å². The molecule has 0 atom stereocenters. The summed E-state index contributed by atoms with van der Waals surface area (Å²) < 4.78 is 47.8. The molecular formula is C19H14Cl2F3NO3. The average Bonchev–Trinajstić information content (AvgIpc) is 2.92. The number of nitrogens with zero attached hydrogens (tertiary/aromatic N) is 1. The molecule has 0 amide bonds. The van der Waals surface area contributed by atoms with Crippen LogP contribution in [0.4, 0.5) is 13.2 Å². The number of carbonyl (C=O) groups is 1. The number of hydrogen-bond donors (Lipinski definition) is 0. The molecule has 2 aromatic carbocycles. The van der Waals surface area contributed by atoms with Gasteiger partial charge in [0.25, 0.3) is 0 Å². The number of fused-ring (bicyclic) bond motifs is 1. The number of ether oxygens (including phenoxy) is 2. The summed E-state index contributed by atoms with van der Waals surface area (Å²) >= 11 is 12.6. The van der Waals surface area contributed by atoms with E-state index in [1.165, 1.54) is 31.4 Å². The SMILES string of the molecule is COC(=O)c1ccc(Cl)c(Cc2cc3ccc(OC(F)(F)F)cc3n2C)c1Cl. The normalized spacial score (nSPS) is 11.7. The van der Waals surface area contributed by atoms with Crippen molar-refractivity contribution in [1.29, 1.82) is 0 Å². The standard InChI is InChI=1S/C19H14Cl2F3NO3/c1-25-11(7-10-3-4-12(9-16(10)25)28-19(22,23)24)8-14-15(20)6-5-13(17(14)21)18(26)27-2/h3-7,9H,8H2,1-2H3. The summed E-state index contributed by atoms with van der Waals surface area (Å²) in [4.78, 5) is 11.8. The van der Waals surface area contributed by atoms with Crippen molar-refractivity contribution in [2.75, 3.05) is 7.11 Å². The Balaban J connectivity index is 2.02. The van der Waals surface area contributed by atoms with Crippen molar-refractivity contribution in [2.24, 2.45) is 7.05 Å². The summed E-state index contributed by atoms with van der Waals surface area (Å²) in [6.45, 7) is 0. The number of esters is 1. The lowest BCUT2D eigenvalue weighted by atomic mass is 10.1. The molecule has 9 heteroatoms. The highest BCUT2D eigenvalue weighted by molar-refractivity contribution is 6.38. The van der Waals surface area contributed by atoms with Crippen LogP contribution in [0.25, 0.3) is 10.9 Å². The molecule has 3 aromatic rings. The third-order valence-electron chi connectivity index (χ3n) is 4.30. The molecular weight excluding hydrogens is 418 g/mol. The highest BCUT2D eigenvalue weighted by Gasteiger charge is 2.31. The Kier molecular flexibility index (Phi) is 5.50. The summed E-state index contributed by atoms with van der Waals surface area (Å²) in [6.07, 6.45) is -4.50. The zero-order chi connectivity index (χ0) is 20.6. The number of rotatable bonds is 4. The van der Waals surface area contributed by atoms with Crippen LogP contribution >= 0.6 is 23.2 Å². The first-order chi connectivity index (χ1) is 13.1. The van der Waals surface area contributed by atoms with Crippen molar-refractivity contribution in [1.82, 2.24) is 4.57 Å². The second-order valence-corrected chi connectivity index (χ2v) is 6.80. The van der Waals surface area contributed by atoms with E-state index in [1.54, 1.807) is 17.7 Å². The van der Waals surface area contributed by atoms with Crippen molar-refractivity contribution in [3.05, 3.63) is 63.3 Å². The first kappa shape index (κ1) is 20.4. The van der Waals surface area contributed by atoms with Gasteiger partial charge in [0.15, 0.2) is 0 Å². The van der Waals surface area contributed by atoms with Gasteiger partial charge in [-0.1, -0.05) is 23.2 Å². The number of benzene rings is 2. The number of aromatic nitrogens is 1. The Bertz CT molecular complexity index is 1060. The van der Waals surface area contributed by atoms with Crippen molar-refractivity contribution in [2.45, 2.75) is 12.8 Å². The molecule has 1 aromatic heterocycles. The molecule has 4 nitrogen and oxygen atoms in total. The molecule has 0 fully saturated rings. The number of alkyl halides is 3. The second-order valence-electron chi connectivity index (χ2n) is 6.02. The van der Waals surface area contributed by atoms with Gasteiger partial charge >= 0.3 is 12.3 Å². The number of halogens is 5. The second kappa shape index (κ2) is 7.56. The Hall–Kier alpha value is -2.38. The molecule has 1 heterocycles. The lowest BCUT2D eigenvalue weighted by molar-refractivity contribution is -0.274. The summed E-state index contributed by atoms with van der Waals surface area (Å²) in [5.74, 6) is -0.898. The highest BCUT2D eigenvalue weighted by Crippen LogP contribution is 2.33. The molecule has 0 saturated carbocycles. The van der Waals surface area contributed by atoms with Crippen molar-refractivity contribution < 1.29 is 27.4 Å². The van der Waals surface area contributed by atoms with Crippen LogP contribution in [0.3, 0.4) is 0 Å². The fourth-order valence-electron chi connectivity index (χ4n) is 2.94. The van der Waals surface area contributed by atoms with Crippen molar-refractivity contribution >= 4 is 40.1 Å². The molecule has 0 aliphatic carbocycles. The number of carbonyl (C=O) groups excluding carboxylic acids is 1. The third-order valence-corrected chi connectivity index (χ3v) is 5.08. The van der Waals surface area contributed by atoms with E-state index >= 15 is 0 Å².